The van der Waals surface area contributed by atoms with Crippen LogP contribution in [0.5, 0.6) is 0 Å². The van der Waals surface area contributed by atoms with Crippen LogP contribution in [0.3, 0.4) is 0 Å². The molecule has 0 aliphatic carbocycles. The highest BCUT2D eigenvalue weighted by atomic mass is 79.9. The molecule has 0 bridgehead atoms. The van der Waals surface area contributed by atoms with Crippen LogP contribution < -0.4 is 0 Å². The van der Waals surface area contributed by atoms with Gasteiger partial charge in [-0.2, -0.15) is 0 Å². The summed E-state index contributed by atoms with van der Waals surface area (Å²) in [6.45, 7) is 0. The maximum Gasteiger partial charge on any atom is 0.371 e. The second kappa shape index (κ2) is 4.65. The van der Waals surface area contributed by atoms with E-state index < -0.39 is 10.9 Å². The molecule has 1 heterocycles. The van der Waals surface area contributed by atoms with Gasteiger partial charge in [0, 0.05) is 10.5 Å². The van der Waals surface area contributed by atoms with Crippen LogP contribution in [0, 0.1) is 10.1 Å². The summed E-state index contributed by atoms with van der Waals surface area (Å²) in [5, 5.41) is 19.0. The Bertz CT molecular complexity index is 444. The van der Waals surface area contributed by atoms with Crippen molar-refractivity contribution in [2.45, 2.75) is 0 Å². The molecule has 0 aromatic carbocycles. The summed E-state index contributed by atoms with van der Waals surface area (Å²) in [5.74, 6) is -1.57. The first-order valence-electron chi connectivity index (χ1n) is 3.72. The quantitative estimate of drug-likeness (QED) is 0.515. The van der Waals surface area contributed by atoms with E-state index in [-0.39, 0.29) is 11.4 Å². The standard InChI is InChI=1S/C8H5BrN2O4/c9-6-3-4-10-8(11(14)15)5(6)1-2-7(12)13/h1-4H,(H,12,13)/b2-1+. The Kier molecular flexibility index (Phi) is 3.51. The third-order valence-electron chi connectivity index (χ3n) is 1.48. The zero-order valence-electron chi connectivity index (χ0n) is 7.25. The molecule has 0 unspecified atom stereocenters. The summed E-state index contributed by atoms with van der Waals surface area (Å²) < 4.78 is 0.418. The molecule has 78 valence electrons. The minimum atomic E-state index is -1.18. The van der Waals surface area contributed by atoms with Crippen molar-refractivity contribution >= 4 is 33.8 Å². The number of carboxylic acid groups (broad SMARTS) is 1. The minimum absolute atomic E-state index is 0.130. The van der Waals surface area contributed by atoms with Gasteiger partial charge in [0.25, 0.3) is 0 Å². The van der Waals surface area contributed by atoms with Crippen LogP contribution in [-0.4, -0.2) is 21.0 Å². The number of carbonyl (C=O) groups is 1. The van der Waals surface area contributed by atoms with E-state index in [1.807, 2.05) is 0 Å². The zero-order chi connectivity index (χ0) is 11.4. The Morgan fingerprint density at radius 1 is 1.67 bits per heavy atom. The molecule has 0 saturated heterocycles. The molecule has 1 N–H and O–H groups in total. The van der Waals surface area contributed by atoms with Gasteiger partial charge in [-0.3, -0.25) is 0 Å². The lowest BCUT2D eigenvalue weighted by atomic mass is 10.2. The molecule has 15 heavy (non-hydrogen) atoms. The SMILES string of the molecule is O=C(O)/C=C/c1c(Br)ccnc1[N+](=O)[O-]. The number of nitrogens with zero attached hydrogens (tertiary/aromatic N) is 2. The van der Waals surface area contributed by atoms with E-state index in [4.69, 9.17) is 5.11 Å². The fraction of sp³-hybridized carbons (Fsp3) is 0. The number of rotatable bonds is 3. The summed E-state index contributed by atoms with van der Waals surface area (Å²) in [6.07, 6.45) is 3.20. The normalized spacial score (nSPS) is 10.5. The molecule has 0 atom stereocenters. The number of pyridine rings is 1. The predicted octanol–water partition coefficient (Wildman–Crippen LogP) is 1.85. The van der Waals surface area contributed by atoms with Crippen LogP contribution >= 0.6 is 15.9 Å². The summed E-state index contributed by atoms with van der Waals surface area (Å²) >= 11 is 3.08. The van der Waals surface area contributed by atoms with Crippen LogP contribution in [0.25, 0.3) is 6.08 Å². The Morgan fingerprint density at radius 2 is 2.33 bits per heavy atom. The first-order valence-corrected chi connectivity index (χ1v) is 4.51. The largest absolute Gasteiger partial charge is 0.478 e. The highest BCUT2D eigenvalue weighted by molar-refractivity contribution is 9.10. The topological polar surface area (TPSA) is 93.3 Å². The molecule has 1 aromatic heterocycles. The fourth-order valence-electron chi connectivity index (χ4n) is 0.894. The molecule has 0 amide bonds. The van der Waals surface area contributed by atoms with E-state index in [1.54, 1.807) is 0 Å². The second-order valence-corrected chi connectivity index (χ2v) is 3.31. The van der Waals surface area contributed by atoms with Gasteiger partial charge in [-0.25, -0.2) is 4.79 Å². The van der Waals surface area contributed by atoms with Crippen LogP contribution in [0.4, 0.5) is 5.82 Å². The lowest BCUT2D eigenvalue weighted by molar-refractivity contribution is -0.389. The number of aliphatic carboxylic acids is 1. The minimum Gasteiger partial charge on any atom is -0.478 e. The summed E-state index contributed by atoms with van der Waals surface area (Å²) in [6, 6.07) is 1.49. The fourth-order valence-corrected chi connectivity index (χ4v) is 1.32. The molecule has 0 aliphatic heterocycles. The lowest BCUT2D eigenvalue weighted by Gasteiger charge is -1.98. The Morgan fingerprint density at radius 3 is 2.87 bits per heavy atom. The van der Waals surface area contributed by atoms with Crippen molar-refractivity contribution in [3.63, 3.8) is 0 Å². The molecule has 0 aliphatic rings. The van der Waals surface area contributed by atoms with Gasteiger partial charge >= 0.3 is 11.8 Å². The first-order chi connectivity index (χ1) is 7.02. The molecule has 1 rings (SSSR count). The molecule has 0 radical (unpaired) electrons. The van der Waals surface area contributed by atoms with Crippen molar-refractivity contribution in [2.24, 2.45) is 0 Å². The van der Waals surface area contributed by atoms with Crippen molar-refractivity contribution in [1.29, 1.82) is 0 Å². The van der Waals surface area contributed by atoms with E-state index in [0.29, 0.717) is 4.47 Å². The molecule has 1 aromatic rings. The monoisotopic (exact) mass is 272 g/mol. The third-order valence-corrected chi connectivity index (χ3v) is 2.17. The molecule has 0 saturated carbocycles. The van der Waals surface area contributed by atoms with Crippen LogP contribution in [0.15, 0.2) is 22.8 Å². The molecule has 6 nitrogen and oxygen atoms in total. The molecule has 0 fully saturated rings. The average molecular weight is 273 g/mol. The van der Waals surface area contributed by atoms with E-state index in [0.717, 1.165) is 12.2 Å². The number of aromatic nitrogens is 1. The van der Waals surface area contributed by atoms with Gasteiger partial charge in [0.1, 0.15) is 6.20 Å². The molecule has 0 spiro atoms. The van der Waals surface area contributed by atoms with Crippen LogP contribution in [-0.2, 0) is 4.79 Å². The number of carboxylic acids is 1. The Balaban J connectivity index is 3.25. The number of halogens is 1. The Hall–Kier alpha value is -1.76. The summed E-state index contributed by atoms with van der Waals surface area (Å²) in [5.41, 5.74) is 0.130. The Labute approximate surface area is 92.5 Å². The highest BCUT2D eigenvalue weighted by Crippen LogP contribution is 2.25. The summed E-state index contributed by atoms with van der Waals surface area (Å²) in [4.78, 5) is 23.7. The van der Waals surface area contributed by atoms with Gasteiger partial charge in [-0.05, 0) is 38.0 Å². The van der Waals surface area contributed by atoms with Gasteiger partial charge in [0.2, 0.25) is 0 Å². The van der Waals surface area contributed by atoms with E-state index in [1.165, 1.54) is 12.3 Å². The molecule has 7 heteroatoms. The van der Waals surface area contributed by atoms with Crippen molar-refractivity contribution in [2.75, 3.05) is 0 Å². The van der Waals surface area contributed by atoms with Crippen molar-refractivity contribution in [3.8, 4) is 0 Å². The second-order valence-electron chi connectivity index (χ2n) is 2.46. The van der Waals surface area contributed by atoms with Gasteiger partial charge in [-0.15, -0.1) is 0 Å². The van der Waals surface area contributed by atoms with E-state index >= 15 is 0 Å². The average Bonchev–Trinajstić information content (AvgIpc) is 2.15. The van der Waals surface area contributed by atoms with E-state index in [9.17, 15) is 14.9 Å². The highest BCUT2D eigenvalue weighted by Gasteiger charge is 2.15. The van der Waals surface area contributed by atoms with Crippen molar-refractivity contribution in [1.82, 2.24) is 4.98 Å². The number of nitro groups is 1. The van der Waals surface area contributed by atoms with Gasteiger partial charge in [0.05, 0.1) is 5.56 Å². The van der Waals surface area contributed by atoms with Crippen molar-refractivity contribution in [3.05, 3.63) is 38.5 Å². The summed E-state index contributed by atoms with van der Waals surface area (Å²) in [7, 11) is 0. The van der Waals surface area contributed by atoms with Crippen LogP contribution in [0.2, 0.25) is 0 Å². The van der Waals surface area contributed by atoms with Gasteiger partial charge in [0.15, 0.2) is 0 Å². The molecular weight excluding hydrogens is 268 g/mol. The maximum absolute atomic E-state index is 10.6. The first kappa shape index (κ1) is 11.3. The zero-order valence-corrected chi connectivity index (χ0v) is 8.84. The number of hydrogen-bond acceptors (Lipinski definition) is 4. The third kappa shape index (κ3) is 2.84. The van der Waals surface area contributed by atoms with Gasteiger partial charge in [-0.1, -0.05) is 0 Å². The lowest BCUT2D eigenvalue weighted by Crippen LogP contribution is -1.96. The molecular formula is C8H5BrN2O4. The van der Waals surface area contributed by atoms with Crippen molar-refractivity contribution < 1.29 is 14.8 Å². The van der Waals surface area contributed by atoms with E-state index in [2.05, 4.69) is 20.9 Å². The van der Waals surface area contributed by atoms with Gasteiger partial charge < -0.3 is 15.2 Å². The van der Waals surface area contributed by atoms with Crippen LogP contribution in [0.1, 0.15) is 5.56 Å². The number of hydrogen-bond donors (Lipinski definition) is 1. The predicted molar refractivity (Wildman–Crippen MR) is 55.3 cm³/mol. The smallest absolute Gasteiger partial charge is 0.371 e. The maximum atomic E-state index is 10.6.